The van der Waals surface area contributed by atoms with Crippen LogP contribution in [0, 0.1) is 17.6 Å². The van der Waals surface area contributed by atoms with E-state index in [9.17, 15) is 18.4 Å². The second kappa shape index (κ2) is 6.62. The summed E-state index contributed by atoms with van der Waals surface area (Å²) in [5, 5.41) is 6.98. The number of halogens is 2. The van der Waals surface area contributed by atoms with Gasteiger partial charge in [0, 0.05) is 23.1 Å². The van der Waals surface area contributed by atoms with Crippen molar-refractivity contribution < 1.29 is 18.4 Å². The fraction of sp³-hybridized carbons (Fsp3) is 0.227. The van der Waals surface area contributed by atoms with E-state index in [1.54, 1.807) is 24.3 Å². The van der Waals surface area contributed by atoms with Crippen molar-refractivity contribution in [2.75, 3.05) is 6.54 Å². The second-order valence-electron chi connectivity index (χ2n) is 7.50. The molecule has 0 bridgehead atoms. The Hall–Kier alpha value is -3.35. The van der Waals surface area contributed by atoms with Gasteiger partial charge in [-0.25, -0.2) is 13.5 Å². The summed E-state index contributed by atoms with van der Waals surface area (Å²) >= 11 is 0. The van der Waals surface area contributed by atoms with Gasteiger partial charge in [-0.05, 0) is 30.9 Å². The summed E-state index contributed by atoms with van der Waals surface area (Å²) in [5.74, 6) is -1.39. The number of Topliss-reactive ketones (excluding diaryl/α,β-unsaturated/α-hetero) is 1. The third-order valence-electron chi connectivity index (χ3n) is 5.62. The Bertz CT molecular complexity index is 1140. The number of carbonyl (C=O) groups excluding carboxylic acids is 2. The van der Waals surface area contributed by atoms with Gasteiger partial charge in [-0.1, -0.05) is 30.3 Å². The maximum Gasteiger partial charge on any atom is 0.272 e. The van der Waals surface area contributed by atoms with Crippen molar-refractivity contribution in [3.63, 3.8) is 0 Å². The lowest BCUT2D eigenvalue weighted by molar-refractivity contribution is 0.0900. The summed E-state index contributed by atoms with van der Waals surface area (Å²) in [6.45, 7) is -0.151. The van der Waals surface area contributed by atoms with Crippen LogP contribution in [-0.4, -0.2) is 28.0 Å². The molecule has 1 heterocycles. The minimum absolute atomic E-state index is 0.120. The normalized spacial score (nSPS) is 18.8. The number of nitrogens with one attached hydrogen (secondary N) is 1. The number of carbonyl (C=O) groups is 2. The Kier molecular flexibility index (Phi) is 4.04. The molecular formula is C22H17F2N3O2. The molecule has 0 saturated heterocycles. The molecule has 0 spiro atoms. The minimum Gasteiger partial charge on any atom is -0.343 e. The molecular weight excluding hydrogens is 376 g/mol. The van der Waals surface area contributed by atoms with Gasteiger partial charge in [-0.2, -0.15) is 5.10 Å². The van der Waals surface area contributed by atoms with Crippen LogP contribution in [0.25, 0.3) is 5.69 Å². The first-order valence-corrected chi connectivity index (χ1v) is 9.46. The molecule has 5 nitrogen and oxygen atoms in total. The fourth-order valence-electron chi connectivity index (χ4n) is 4.11. The van der Waals surface area contributed by atoms with Crippen LogP contribution in [-0.2, 0) is 6.42 Å². The Morgan fingerprint density at radius 2 is 1.93 bits per heavy atom. The fourth-order valence-corrected chi connectivity index (χ4v) is 4.11. The smallest absolute Gasteiger partial charge is 0.272 e. The summed E-state index contributed by atoms with van der Waals surface area (Å²) in [6, 6.07) is 12.0. The zero-order chi connectivity index (χ0) is 20.1. The molecule has 5 rings (SSSR count). The number of hydrogen-bond donors (Lipinski definition) is 1. The first kappa shape index (κ1) is 17.7. The van der Waals surface area contributed by atoms with Crippen LogP contribution in [0.4, 0.5) is 8.78 Å². The Balaban J connectivity index is 1.43. The second-order valence-corrected chi connectivity index (χ2v) is 7.50. The van der Waals surface area contributed by atoms with Gasteiger partial charge in [0.1, 0.15) is 11.5 Å². The predicted molar refractivity (Wildman–Crippen MR) is 101 cm³/mol. The molecule has 7 heteroatoms. The van der Waals surface area contributed by atoms with Gasteiger partial charge in [0.05, 0.1) is 12.2 Å². The Labute approximate surface area is 165 Å². The largest absolute Gasteiger partial charge is 0.343 e. The molecule has 146 valence electrons. The van der Waals surface area contributed by atoms with E-state index in [4.69, 9.17) is 0 Å². The zero-order valence-electron chi connectivity index (χ0n) is 15.4. The molecule has 29 heavy (non-hydrogen) atoms. The zero-order valence-corrected chi connectivity index (χ0v) is 15.4. The van der Waals surface area contributed by atoms with Crippen LogP contribution in [0.2, 0.25) is 0 Å². The number of benzene rings is 2. The number of hydrogen-bond acceptors (Lipinski definition) is 3. The van der Waals surface area contributed by atoms with Crippen molar-refractivity contribution in [1.82, 2.24) is 15.1 Å². The number of amides is 1. The van der Waals surface area contributed by atoms with Crippen LogP contribution in [0.3, 0.4) is 0 Å². The molecule has 3 aromatic rings. The van der Waals surface area contributed by atoms with E-state index in [0.717, 1.165) is 23.7 Å². The summed E-state index contributed by atoms with van der Waals surface area (Å²) < 4.78 is 29.1. The molecule has 2 aromatic carbocycles. The van der Waals surface area contributed by atoms with Gasteiger partial charge in [-0.3, -0.25) is 9.59 Å². The molecule has 2 aliphatic carbocycles. The third kappa shape index (κ3) is 3.03. The lowest BCUT2D eigenvalue weighted by Crippen LogP contribution is -2.30. The van der Waals surface area contributed by atoms with Crippen molar-refractivity contribution in [2.45, 2.75) is 18.8 Å². The van der Waals surface area contributed by atoms with Gasteiger partial charge in [0.15, 0.2) is 17.3 Å². The van der Waals surface area contributed by atoms with Crippen LogP contribution in [0.5, 0.6) is 0 Å². The number of aromatic nitrogens is 2. The van der Waals surface area contributed by atoms with Crippen molar-refractivity contribution >= 4 is 11.7 Å². The monoisotopic (exact) mass is 393 g/mol. The lowest BCUT2D eigenvalue weighted by atomic mass is 10.1. The first-order valence-electron chi connectivity index (χ1n) is 9.46. The quantitative estimate of drug-likeness (QED) is 0.676. The van der Waals surface area contributed by atoms with Gasteiger partial charge in [0.2, 0.25) is 0 Å². The van der Waals surface area contributed by atoms with Crippen molar-refractivity contribution in [2.24, 2.45) is 5.92 Å². The summed E-state index contributed by atoms with van der Waals surface area (Å²) in [5.41, 5.74) is 2.45. The standard InChI is InChI=1S/C22H17F2N3O2/c23-14-6-7-18(17(24)10-14)27-21-15-8-13(15)9-16(21)20(26-27)22(29)25-11-19(28)12-4-2-1-3-5-12/h1-7,10,13,15H,8-9,11H2,(H,25,29)/t13-,15-/m0/s1. The molecule has 1 aromatic heterocycles. The van der Waals surface area contributed by atoms with Crippen LogP contribution in [0.1, 0.15) is 44.4 Å². The number of ketones is 1. The number of fused-ring (bicyclic) bond motifs is 3. The molecule has 0 unspecified atom stereocenters. The molecule has 0 radical (unpaired) electrons. The topological polar surface area (TPSA) is 64.0 Å². The highest BCUT2D eigenvalue weighted by atomic mass is 19.1. The van der Waals surface area contributed by atoms with Crippen molar-refractivity contribution in [3.05, 3.63) is 82.7 Å². The van der Waals surface area contributed by atoms with Crippen LogP contribution >= 0.6 is 0 Å². The van der Waals surface area contributed by atoms with E-state index in [1.807, 2.05) is 6.07 Å². The van der Waals surface area contributed by atoms with Gasteiger partial charge >= 0.3 is 0 Å². The average Bonchev–Trinajstić information content (AvgIpc) is 3.23. The van der Waals surface area contributed by atoms with Crippen LogP contribution in [0.15, 0.2) is 48.5 Å². The maximum atomic E-state index is 14.4. The van der Waals surface area contributed by atoms with Crippen LogP contribution < -0.4 is 5.32 Å². The van der Waals surface area contributed by atoms with Gasteiger partial charge in [0.25, 0.3) is 5.91 Å². The van der Waals surface area contributed by atoms with E-state index in [2.05, 4.69) is 10.4 Å². The molecule has 1 fully saturated rings. The summed E-state index contributed by atoms with van der Waals surface area (Å²) in [6.07, 6.45) is 1.69. The molecule has 1 saturated carbocycles. The average molecular weight is 393 g/mol. The highest BCUT2D eigenvalue weighted by molar-refractivity contribution is 6.02. The predicted octanol–water partition coefficient (Wildman–Crippen LogP) is 3.42. The summed E-state index contributed by atoms with van der Waals surface area (Å²) in [4.78, 5) is 25.0. The van der Waals surface area contributed by atoms with E-state index in [0.29, 0.717) is 17.9 Å². The molecule has 2 aliphatic rings. The minimum atomic E-state index is -0.731. The third-order valence-corrected chi connectivity index (χ3v) is 5.62. The number of nitrogens with zero attached hydrogens (tertiary/aromatic N) is 2. The molecule has 1 N–H and O–H groups in total. The summed E-state index contributed by atoms with van der Waals surface area (Å²) in [7, 11) is 0. The molecule has 1 amide bonds. The van der Waals surface area contributed by atoms with E-state index in [-0.39, 0.29) is 29.6 Å². The van der Waals surface area contributed by atoms with E-state index >= 15 is 0 Å². The highest BCUT2D eigenvalue weighted by Crippen LogP contribution is 2.57. The Morgan fingerprint density at radius 1 is 1.14 bits per heavy atom. The molecule has 2 atom stereocenters. The van der Waals surface area contributed by atoms with Crippen molar-refractivity contribution in [1.29, 1.82) is 0 Å². The Morgan fingerprint density at radius 3 is 2.69 bits per heavy atom. The maximum absolute atomic E-state index is 14.4. The van der Waals surface area contributed by atoms with Crippen molar-refractivity contribution in [3.8, 4) is 5.69 Å². The van der Waals surface area contributed by atoms with E-state index < -0.39 is 17.5 Å². The van der Waals surface area contributed by atoms with E-state index in [1.165, 1.54) is 16.8 Å². The lowest BCUT2D eigenvalue weighted by Gasteiger charge is -2.07. The van der Waals surface area contributed by atoms with Gasteiger partial charge < -0.3 is 5.32 Å². The number of rotatable bonds is 5. The molecule has 0 aliphatic heterocycles. The highest BCUT2D eigenvalue weighted by Gasteiger charge is 2.50. The SMILES string of the molecule is O=C(CNC(=O)c1nn(-c2ccc(F)cc2F)c2c1C[C@@H]1C[C@H]21)c1ccccc1. The first-order chi connectivity index (χ1) is 14.0. The van der Waals surface area contributed by atoms with Gasteiger partial charge in [-0.15, -0.1) is 0 Å².